The van der Waals surface area contributed by atoms with Crippen molar-refractivity contribution in [2.45, 2.75) is 13.5 Å². The second-order valence-electron chi connectivity index (χ2n) is 6.53. The van der Waals surface area contributed by atoms with E-state index in [1.165, 1.54) is 6.26 Å². The van der Waals surface area contributed by atoms with E-state index in [4.69, 9.17) is 37.1 Å². The molecule has 0 aliphatic rings. The van der Waals surface area contributed by atoms with Crippen LogP contribution in [0.25, 0.3) is 11.0 Å². The molecule has 4 nitrogen and oxygen atoms in total. The van der Waals surface area contributed by atoms with Crippen LogP contribution in [0, 0.1) is 6.92 Å². The molecule has 4 rings (SSSR count). The largest absolute Gasteiger partial charge is 0.489 e. The van der Waals surface area contributed by atoms with E-state index in [2.05, 4.69) is 0 Å². The van der Waals surface area contributed by atoms with Crippen LogP contribution in [-0.4, -0.2) is 0 Å². The second kappa shape index (κ2) is 8.19. The van der Waals surface area contributed by atoms with Crippen LogP contribution in [0.1, 0.15) is 11.1 Å². The molecular weight excluding hydrogens is 411 g/mol. The van der Waals surface area contributed by atoms with Gasteiger partial charge in [0, 0.05) is 21.7 Å². The topological polar surface area (TPSA) is 48.7 Å². The predicted molar refractivity (Wildman–Crippen MR) is 115 cm³/mol. The number of rotatable bonds is 5. The third kappa shape index (κ3) is 4.39. The van der Waals surface area contributed by atoms with Crippen LogP contribution in [0.4, 0.5) is 0 Å². The average molecular weight is 427 g/mol. The summed E-state index contributed by atoms with van der Waals surface area (Å²) in [5.74, 6) is 1.26. The van der Waals surface area contributed by atoms with E-state index in [0.29, 0.717) is 32.5 Å². The Morgan fingerprint density at radius 1 is 0.966 bits per heavy atom. The SMILES string of the molecule is Cc1cccc(Oc2coc3cc(OCc4ccc(Cl)cc4Cl)ccc3c2=O)c1. The Morgan fingerprint density at radius 2 is 1.83 bits per heavy atom. The van der Waals surface area contributed by atoms with Gasteiger partial charge in [-0.15, -0.1) is 0 Å². The fraction of sp³-hybridized carbons (Fsp3) is 0.0870. The van der Waals surface area contributed by atoms with Crippen molar-refractivity contribution < 1.29 is 13.9 Å². The number of fused-ring (bicyclic) bond motifs is 1. The van der Waals surface area contributed by atoms with Gasteiger partial charge in [-0.2, -0.15) is 0 Å². The molecule has 0 spiro atoms. The van der Waals surface area contributed by atoms with Gasteiger partial charge in [0.1, 0.15) is 30.0 Å². The molecule has 0 saturated heterocycles. The molecule has 29 heavy (non-hydrogen) atoms. The highest BCUT2D eigenvalue weighted by molar-refractivity contribution is 6.35. The maximum Gasteiger partial charge on any atom is 0.235 e. The fourth-order valence-electron chi connectivity index (χ4n) is 2.86. The molecule has 0 N–H and O–H groups in total. The van der Waals surface area contributed by atoms with Crippen LogP contribution in [0.3, 0.4) is 0 Å². The van der Waals surface area contributed by atoms with Crippen LogP contribution in [-0.2, 0) is 6.61 Å². The van der Waals surface area contributed by atoms with Crippen LogP contribution in [0.5, 0.6) is 17.2 Å². The maximum atomic E-state index is 12.7. The zero-order valence-corrected chi connectivity index (χ0v) is 17.0. The molecule has 146 valence electrons. The molecule has 1 heterocycles. The van der Waals surface area contributed by atoms with Crippen molar-refractivity contribution in [3.05, 3.63) is 98.3 Å². The van der Waals surface area contributed by atoms with Gasteiger partial charge in [0.15, 0.2) is 0 Å². The normalized spacial score (nSPS) is 10.9. The fourth-order valence-corrected chi connectivity index (χ4v) is 3.32. The molecule has 3 aromatic carbocycles. The number of halogens is 2. The summed E-state index contributed by atoms with van der Waals surface area (Å²) in [6.45, 7) is 2.22. The first-order valence-corrected chi connectivity index (χ1v) is 9.62. The zero-order chi connectivity index (χ0) is 20.4. The Morgan fingerprint density at radius 3 is 2.62 bits per heavy atom. The van der Waals surface area contributed by atoms with Gasteiger partial charge < -0.3 is 13.9 Å². The lowest BCUT2D eigenvalue weighted by Crippen LogP contribution is -2.05. The van der Waals surface area contributed by atoms with E-state index in [1.807, 2.05) is 25.1 Å². The lowest BCUT2D eigenvalue weighted by molar-refractivity contribution is 0.306. The number of hydrogen-bond donors (Lipinski definition) is 0. The molecule has 1 aromatic heterocycles. The Kier molecular flexibility index (Phi) is 5.47. The molecule has 0 atom stereocenters. The molecule has 0 unspecified atom stereocenters. The summed E-state index contributed by atoms with van der Waals surface area (Å²) < 4.78 is 17.1. The summed E-state index contributed by atoms with van der Waals surface area (Å²) in [5.41, 5.74) is 2.00. The van der Waals surface area contributed by atoms with Crippen molar-refractivity contribution in [3.63, 3.8) is 0 Å². The molecule has 0 saturated carbocycles. The minimum absolute atomic E-state index is 0.129. The molecule has 0 radical (unpaired) electrons. The Bertz CT molecular complexity index is 1250. The van der Waals surface area contributed by atoms with Gasteiger partial charge in [-0.25, -0.2) is 0 Å². The van der Waals surface area contributed by atoms with Gasteiger partial charge in [-0.05, 0) is 48.9 Å². The van der Waals surface area contributed by atoms with Crippen LogP contribution >= 0.6 is 23.2 Å². The highest BCUT2D eigenvalue weighted by Gasteiger charge is 2.11. The van der Waals surface area contributed by atoms with Crippen LogP contribution in [0.2, 0.25) is 10.0 Å². The first-order valence-electron chi connectivity index (χ1n) is 8.86. The van der Waals surface area contributed by atoms with E-state index in [0.717, 1.165) is 11.1 Å². The van der Waals surface area contributed by atoms with Crippen molar-refractivity contribution in [2.24, 2.45) is 0 Å². The molecule has 4 aromatic rings. The summed E-state index contributed by atoms with van der Waals surface area (Å²) >= 11 is 12.1. The van der Waals surface area contributed by atoms with Gasteiger partial charge in [0.25, 0.3) is 0 Å². The lowest BCUT2D eigenvalue weighted by Gasteiger charge is -2.09. The van der Waals surface area contributed by atoms with Crippen molar-refractivity contribution in [1.29, 1.82) is 0 Å². The minimum Gasteiger partial charge on any atom is -0.489 e. The first-order chi connectivity index (χ1) is 14.0. The second-order valence-corrected chi connectivity index (χ2v) is 7.37. The maximum absolute atomic E-state index is 12.7. The van der Waals surface area contributed by atoms with E-state index in [1.54, 1.807) is 42.5 Å². The summed E-state index contributed by atoms with van der Waals surface area (Å²) in [6, 6.07) is 17.7. The molecule has 0 fully saturated rings. The summed E-state index contributed by atoms with van der Waals surface area (Å²) in [7, 11) is 0. The van der Waals surface area contributed by atoms with E-state index in [-0.39, 0.29) is 17.8 Å². The van der Waals surface area contributed by atoms with Gasteiger partial charge in [-0.3, -0.25) is 4.79 Å². The molecular formula is C23H16Cl2O4. The van der Waals surface area contributed by atoms with Gasteiger partial charge >= 0.3 is 0 Å². The average Bonchev–Trinajstić information content (AvgIpc) is 2.69. The standard InChI is InChI=1S/C23H16Cl2O4/c1-14-3-2-4-18(9-14)29-22-13-28-21-11-17(7-8-19(21)23(22)26)27-12-15-5-6-16(24)10-20(15)25/h2-11,13H,12H2,1H3. The molecule has 0 aliphatic heterocycles. The summed E-state index contributed by atoms with van der Waals surface area (Å²) in [6.07, 6.45) is 1.31. The van der Waals surface area contributed by atoms with Crippen molar-refractivity contribution in [1.82, 2.24) is 0 Å². The van der Waals surface area contributed by atoms with E-state index < -0.39 is 0 Å². The van der Waals surface area contributed by atoms with Gasteiger partial charge in [-0.1, -0.05) is 41.4 Å². The number of ether oxygens (including phenoxy) is 2. The zero-order valence-electron chi connectivity index (χ0n) is 15.4. The molecule has 6 heteroatoms. The van der Waals surface area contributed by atoms with Gasteiger partial charge in [0.05, 0.1) is 5.39 Å². The predicted octanol–water partition coefficient (Wildman–Crippen LogP) is 6.78. The van der Waals surface area contributed by atoms with Crippen molar-refractivity contribution in [3.8, 4) is 17.2 Å². The van der Waals surface area contributed by atoms with Gasteiger partial charge in [0.2, 0.25) is 11.2 Å². The van der Waals surface area contributed by atoms with Crippen LogP contribution < -0.4 is 14.9 Å². The first kappa shape index (κ1) is 19.4. The van der Waals surface area contributed by atoms with Crippen molar-refractivity contribution in [2.75, 3.05) is 0 Å². The minimum atomic E-state index is -0.250. The molecule has 0 aliphatic carbocycles. The number of benzene rings is 3. The molecule has 0 amide bonds. The molecule has 0 bridgehead atoms. The highest BCUT2D eigenvalue weighted by atomic mass is 35.5. The quantitative estimate of drug-likeness (QED) is 0.352. The van der Waals surface area contributed by atoms with E-state index in [9.17, 15) is 4.79 Å². The number of hydrogen-bond acceptors (Lipinski definition) is 4. The summed E-state index contributed by atoms with van der Waals surface area (Å²) in [5, 5.41) is 1.50. The van der Waals surface area contributed by atoms with E-state index >= 15 is 0 Å². The Hall–Kier alpha value is -2.95. The third-order valence-corrected chi connectivity index (χ3v) is 4.93. The Balaban J connectivity index is 1.56. The lowest BCUT2D eigenvalue weighted by atomic mass is 10.2. The monoisotopic (exact) mass is 426 g/mol. The van der Waals surface area contributed by atoms with Crippen molar-refractivity contribution >= 4 is 34.2 Å². The third-order valence-electron chi connectivity index (χ3n) is 4.34. The van der Waals surface area contributed by atoms with Crippen LogP contribution in [0.15, 0.2) is 76.1 Å². The smallest absolute Gasteiger partial charge is 0.235 e. The number of aryl methyl sites for hydroxylation is 1. The Labute approximate surface area is 177 Å². The summed E-state index contributed by atoms with van der Waals surface area (Å²) in [4.78, 5) is 12.7. The highest BCUT2D eigenvalue weighted by Crippen LogP contribution is 2.26.